The quantitative estimate of drug-likeness (QED) is 0.675. The maximum atomic E-state index is 13.2. The SMILES string of the molecule is Cc1ncc(Cn2ccc3ccc(F)cc32)s1. The molecule has 2 aromatic heterocycles. The Hall–Kier alpha value is -1.68. The van der Waals surface area contributed by atoms with Crippen molar-refractivity contribution >= 4 is 22.2 Å². The molecule has 0 aliphatic carbocycles. The highest BCUT2D eigenvalue weighted by molar-refractivity contribution is 7.11. The van der Waals surface area contributed by atoms with Gasteiger partial charge in [0.15, 0.2) is 0 Å². The molecule has 0 saturated heterocycles. The molecule has 4 heteroatoms. The summed E-state index contributed by atoms with van der Waals surface area (Å²) in [5, 5.41) is 2.12. The van der Waals surface area contributed by atoms with Crippen molar-refractivity contribution in [2.24, 2.45) is 0 Å². The molecule has 1 aromatic carbocycles. The van der Waals surface area contributed by atoms with Gasteiger partial charge in [-0.15, -0.1) is 11.3 Å². The summed E-state index contributed by atoms with van der Waals surface area (Å²) >= 11 is 1.67. The molecular weight excluding hydrogens is 235 g/mol. The lowest BCUT2D eigenvalue weighted by Crippen LogP contribution is -1.95. The largest absolute Gasteiger partial charge is 0.342 e. The summed E-state index contributed by atoms with van der Waals surface area (Å²) in [5.74, 6) is -0.196. The van der Waals surface area contributed by atoms with Crippen molar-refractivity contribution in [1.82, 2.24) is 9.55 Å². The van der Waals surface area contributed by atoms with Crippen LogP contribution in [0.5, 0.6) is 0 Å². The van der Waals surface area contributed by atoms with Crippen molar-refractivity contribution < 1.29 is 4.39 Å². The third-order valence-corrected chi connectivity index (χ3v) is 3.63. The van der Waals surface area contributed by atoms with Gasteiger partial charge in [0.2, 0.25) is 0 Å². The smallest absolute Gasteiger partial charge is 0.125 e. The summed E-state index contributed by atoms with van der Waals surface area (Å²) < 4.78 is 15.3. The van der Waals surface area contributed by atoms with E-state index in [0.29, 0.717) is 0 Å². The number of aromatic nitrogens is 2. The van der Waals surface area contributed by atoms with Crippen LogP contribution in [0, 0.1) is 12.7 Å². The first-order valence-electron chi connectivity index (χ1n) is 5.38. The van der Waals surface area contributed by atoms with E-state index in [-0.39, 0.29) is 5.82 Å². The number of thiazole rings is 1. The maximum absolute atomic E-state index is 13.2. The zero-order valence-electron chi connectivity index (χ0n) is 9.35. The lowest BCUT2D eigenvalue weighted by atomic mass is 10.2. The number of nitrogens with zero attached hydrogens (tertiary/aromatic N) is 2. The number of halogens is 1. The molecule has 3 rings (SSSR count). The van der Waals surface area contributed by atoms with E-state index < -0.39 is 0 Å². The van der Waals surface area contributed by atoms with E-state index >= 15 is 0 Å². The Morgan fingerprint density at radius 2 is 2.24 bits per heavy atom. The van der Waals surface area contributed by atoms with Gasteiger partial charge < -0.3 is 4.57 Å². The molecular formula is C13H11FN2S. The molecule has 0 spiro atoms. The van der Waals surface area contributed by atoms with Crippen LogP contribution in [0.3, 0.4) is 0 Å². The first kappa shape index (κ1) is 10.5. The monoisotopic (exact) mass is 246 g/mol. The predicted molar refractivity (Wildman–Crippen MR) is 67.8 cm³/mol. The fourth-order valence-electron chi connectivity index (χ4n) is 1.94. The van der Waals surface area contributed by atoms with Gasteiger partial charge in [-0.1, -0.05) is 0 Å². The van der Waals surface area contributed by atoms with Gasteiger partial charge in [0.25, 0.3) is 0 Å². The van der Waals surface area contributed by atoms with E-state index in [0.717, 1.165) is 22.5 Å². The zero-order chi connectivity index (χ0) is 11.8. The second-order valence-corrected chi connectivity index (χ2v) is 5.31. The molecule has 17 heavy (non-hydrogen) atoms. The van der Waals surface area contributed by atoms with E-state index in [1.54, 1.807) is 23.5 Å². The topological polar surface area (TPSA) is 17.8 Å². The lowest BCUT2D eigenvalue weighted by Gasteiger charge is -2.02. The number of hydrogen-bond acceptors (Lipinski definition) is 2. The van der Waals surface area contributed by atoms with E-state index in [9.17, 15) is 4.39 Å². The van der Waals surface area contributed by atoms with Gasteiger partial charge in [-0.25, -0.2) is 9.37 Å². The summed E-state index contributed by atoms with van der Waals surface area (Å²) in [6.45, 7) is 2.74. The van der Waals surface area contributed by atoms with Gasteiger partial charge in [-0.05, 0) is 36.6 Å². The molecule has 0 bridgehead atoms. The van der Waals surface area contributed by atoms with Crippen LogP contribution in [0.2, 0.25) is 0 Å². The normalized spacial score (nSPS) is 11.2. The molecule has 0 radical (unpaired) electrons. The molecule has 0 fully saturated rings. The van der Waals surface area contributed by atoms with Crippen LogP contribution in [0.1, 0.15) is 9.88 Å². The molecule has 0 aliphatic heterocycles. The first-order valence-corrected chi connectivity index (χ1v) is 6.20. The minimum Gasteiger partial charge on any atom is -0.342 e. The molecule has 3 aromatic rings. The van der Waals surface area contributed by atoms with E-state index in [2.05, 4.69) is 4.98 Å². The molecule has 0 amide bonds. The fourth-order valence-corrected chi connectivity index (χ4v) is 2.74. The minimum absolute atomic E-state index is 0.196. The van der Waals surface area contributed by atoms with Crippen LogP contribution >= 0.6 is 11.3 Å². The molecule has 2 nitrogen and oxygen atoms in total. The van der Waals surface area contributed by atoms with Crippen molar-refractivity contribution in [2.75, 3.05) is 0 Å². The van der Waals surface area contributed by atoms with Crippen LogP contribution < -0.4 is 0 Å². The van der Waals surface area contributed by atoms with Crippen molar-refractivity contribution in [3.8, 4) is 0 Å². The van der Waals surface area contributed by atoms with Crippen LogP contribution in [0.25, 0.3) is 10.9 Å². The molecule has 0 N–H and O–H groups in total. The highest BCUT2D eigenvalue weighted by atomic mass is 32.1. The van der Waals surface area contributed by atoms with E-state index in [1.807, 2.05) is 30.0 Å². The summed E-state index contributed by atoms with van der Waals surface area (Å²) in [6.07, 6.45) is 3.87. The Balaban J connectivity index is 2.03. The van der Waals surface area contributed by atoms with Crippen molar-refractivity contribution in [3.05, 3.63) is 52.4 Å². The molecule has 0 saturated carbocycles. The summed E-state index contributed by atoms with van der Waals surface area (Å²) in [4.78, 5) is 5.41. The third kappa shape index (κ3) is 1.96. The summed E-state index contributed by atoms with van der Waals surface area (Å²) in [5.41, 5.74) is 0.927. The highest BCUT2D eigenvalue weighted by Crippen LogP contribution is 2.20. The summed E-state index contributed by atoms with van der Waals surface area (Å²) in [7, 11) is 0. The first-order chi connectivity index (χ1) is 8.22. The minimum atomic E-state index is -0.196. The Bertz CT molecular complexity index is 669. The van der Waals surface area contributed by atoms with E-state index in [4.69, 9.17) is 0 Å². The number of hydrogen-bond donors (Lipinski definition) is 0. The number of aryl methyl sites for hydroxylation is 1. The fraction of sp³-hybridized carbons (Fsp3) is 0.154. The number of fused-ring (bicyclic) bond motifs is 1. The van der Waals surface area contributed by atoms with Gasteiger partial charge in [0, 0.05) is 17.3 Å². The van der Waals surface area contributed by atoms with Crippen molar-refractivity contribution in [2.45, 2.75) is 13.5 Å². The molecule has 0 atom stereocenters. The average Bonchev–Trinajstić information content (AvgIpc) is 2.87. The lowest BCUT2D eigenvalue weighted by molar-refractivity contribution is 0.628. The van der Waals surface area contributed by atoms with Crippen LogP contribution in [-0.4, -0.2) is 9.55 Å². The Morgan fingerprint density at radius 1 is 1.35 bits per heavy atom. The molecule has 0 aliphatic rings. The third-order valence-electron chi connectivity index (χ3n) is 2.73. The van der Waals surface area contributed by atoms with Gasteiger partial charge in [-0.3, -0.25) is 0 Å². The van der Waals surface area contributed by atoms with E-state index in [1.165, 1.54) is 10.9 Å². The van der Waals surface area contributed by atoms with Crippen LogP contribution in [0.4, 0.5) is 4.39 Å². The van der Waals surface area contributed by atoms with Gasteiger partial charge in [-0.2, -0.15) is 0 Å². The molecule has 2 heterocycles. The van der Waals surface area contributed by atoms with Gasteiger partial charge in [0.05, 0.1) is 17.1 Å². The number of benzene rings is 1. The van der Waals surface area contributed by atoms with Gasteiger partial charge >= 0.3 is 0 Å². The Labute approximate surface area is 102 Å². The molecule has 0 unspecified atom stereocenters. The Morgan fingerprint density at radius 3 is 3.00 bits per heavy atom. The Kier molecular flexibility index (Phi) is 2.44. The zero-order valence-corrected chi connectivity index (χ0v) is 10.2. The second-order valence-electron chi connectivity index (χ2n) is 3.99. The van der Waals surface area contributed by atoms with Crippen molar-refractivity contribution in [3.63, 3.8) is 0 Å². The standard InChI is InChI=1S/C13H11FN2S/c1-9-15-7-12(17-9)8-16-5-4-10-2-3-11(14)6-13(10)16/h2-7H,8H2,1H3. The maximum Gasteiger partial charge on any atom is 0.125 e. The summed E-state index contributed by atoms with van der Waals surface area (Å²) in [6, 6.07) is 6.87. The predicted octanol–water partition coefficient (Wildman–Crippen LogP) is 3.59. The van der Waals surface area contributed by atoms with Crippen molar-refractivity contribution in [1.29, 1.82) is 0 Å². The number of rotatable bonds is 2. The second kappa shape index (κ2) is 3.96. The van der Waals surface area contributed by atoms with Crippen LogP contribution in [-0.2, 0) is 6.54 Å². The average molecular weight is 246 g/mol. The molecule has 86 valence electrons. The highest BCUT2D eigenvalue weighted by Gasteiger charge is 2.04. The van der Waals surface area contributed by atoms with Gasteiger partial charge in [0.1, 0.15) is 5.82 Å². The van der Waals surface area contributed by atoms with Crippen LogP contribution in [0.15, 0.2) is 36.7 Å².